The van der Waals surface area contributed by atoms with Gasteiger partial charge in [-0.25, -0.2) is 0 Å². The second kappa shape index (κ2) is 8.70. The molecule has 1 aromatic carbocycles. The first-order valence-electron chi connectivity index (χ1n) is 13.6. The minimum Gasteiger partial charge on any atom is -0.494 e. The molecule has 35 heavy (non-hydrogen) atoms. The second-order valence-electron chi connectivity index (χ2n) is 11.4. The van der Waals surface area contributed by atoms with Gasteiger partial charge in [0.1, 0.15) is 5.82 Å². The fraction of sp³-hybridized carbons (Fsp3) is 0.607. The highest BCUT2D eigenvalue weighted by Gasteiger charge is 2.44. The van der Waals surface area contributed by atoms with E-state index in [1.807, 2.05) is 4.57 Å². The van der Waals surface area contributed by atoms with E-state index in [1.165, 1.54) is 48.6 Å². The molecule has 186 valence electrons. The van der Waals surface area contributed by atoms with Crippen molar-refractivity contribution in [3.05, 3.63) is 35.4 Å². The van der Waals surface area contributed by atoms with Gasteiger partial charge in [0.15, 0.2) is 11.8 Å². The number of nitrogens with zero attached hydrogens (tertiary/aromatic N) is 4. The number of aromatic nitrogens is 2. The third-order valence-corrected chi connectivity index (χ3v) is 10.4. The fourth-order valence-electron chi connectivity index (χ4n) is 7.69. The molecule has 1 aliphatic heterocycles. The Morgan fingerprint density at radius 3 is 2.20 bits per heavy atom. The molecule has 4 aliphatic rings. The Balaban J connectivity index is 1.02. The minimum atomic E-state index is 0.373. The molecule has 0 amide bonds. The number of hydrogen-bond acceptors (Lipinski definition) is 6. The molecule has 0 radical (unpaired) electrons. The van der Waals surface area contributed by atoms with Gasteiger partial charge >= 0.3 is 0 Å². The summed E-state index contributed by atoms with van der Waals surface area (Å²) in [5.41, 5.74) is 2.16. The molecular weight excluding hydrogens is 456 g/mol. The molecule has 4 atom stereocenters. The van der Waals surface area contributed by atoms with Crippen molar-refractivity contribution >= 4 is 27.4 Å². The summed E-state index contributed by atoms with van der Waals surface area (Å²) in [6.07, 6.45) is 8.49. The van der Waals surface area contributed by atoms with E-state index in [0.717, 1.165) is 62.6 Å². The summed E-state index contributed by atoms with van der Waals surface area (Å²) in [6, 6.07) is 8.56. The van der Waals surface area contributed by atoms with E-state index in [2.05, 4.69) is 34.1 Å². The molecule has 2 unspecified atom stereocenters. The van der Waals surface area contributed by atoms with Crippen LogP contribution in [-0.4, -0.2) is 56.8 Å². The van der Waals surface area contributed by atoms with Crippen molar-refractivity contribution in [1.82, 2.24) is 13.8 Å². The number of rotatable bonds is 5. The zero-order valence-electron chi connectivity index (χ0n) is 20.4. The van der Waals surface area contributed by atoms with Gasteiger partial charge in [0, 0.05) is 55.8 Å². The topological polar surface area (TPSA) is 64.8 Å². The Labute approximate surface area is 211 Å². The summed E-state index contributed by atoms with van der Waals surface area (Å²) in [5, 5.41) is 23.4. The van der Waals surface area contributed by atoms with Gasteiger partial charge in [0.2, 0.25) is 0 Å². The van der Waals surface area contributed by atoms with E-state index in [4.69, 9.17) is 4.37 Å². The highest BCUT2D eigenvalue weighted by atomic mass is 32.1. The maximum absolute atomic E-state index is 11.1. The number of piperazine rings is 1. The SMILES string of the molecule is Oc1c2c(c(O)n1CC1CCCCC1CN1CCN(c3nsc4ccccc34)CC1)[C@H]1CC[C@@H]2C1. The third kappa shape index (κ3) is 3.65. The van der Waals surface area contributed by atoms with Gasteiger partial charge in [-0.3, -0.25) is 9.47 Å². The zero-order chi connectivity index (χ0) is 23.5. The fourth-order valence-corrected chi connectivity index (χ4v) is 8.49. The standard InChI is InChI=1S/C28H36N4O2S/c33-27-24-18-9-10-19(15-18)25(24)28(34)32(27)17-21-6-2-1-5-20(21)16-30-11-13-31(14-12-30)26-22-7-3-4-8-23(22)35-29-26/h3-4,7-8,18-21,33-34H,1-2,5-6,9-17H2/t18-,19+,20?,21?. The maximum Gasteiger partial charge on any atom is 0.197 e. The molecule has 0 spiro atoms. The van der Waals surface area contributed by atoms with Gasteiger partial charge < -0.3 is 15.1 Å². The predicted molar refractivity (Wildman–Crippen MR) is 141 cm³/mol. The van der Waals surface area contributed by atoms with Crippen LogP contribution in [0.5, 0.6) is 11.8 Å². The largest absolute Gasteiger partial charge is 0.494 e. The van der Waals surface area contributed by atoms with Crippen molar-refractivity contribution in [2.45, 2.75) is 63.3 Å². The van der Waals surface area contributed by atoms with Crippen LogP contribution in [-0.2, 0) is 6.54 Å². The average Bonchev–Trinajstić information content (AvgIpc) is 3.66. The lowest BCUT2D eigenvalue weighted by Crippen LogP contribution is -2.49. The average molecular weight is 493 g/mol. The predicted octanol–water partition coefficient (Wildman–Crippen LogP) is 5.50. The molecule has 2 saturated carbocycles. The molecular formula is C28H36N4O2S. The van der Waals surface area contributed by atoms with E-state index in [1.54, 1.807) is 11.5 Å². The molecule has 3 aliphatic carbocycles. The number of hydrogen-bond donors (Lipinski definition) is 2. The molecule has 2 N–H and O–H groups in total. The van der Waals surface area contributed by atoms with Gasteiger partial charge in [0.25, 0.3) is 0 Å². The smallest absolute Gasteiger partial charge is 0.197 e. The molecule has 3 fully saturated rings. The number of anilines is 1. The van der Waals surface area contributed by atoms with Crippen LogP contribution in [0.15, 0.2) is 24.3 Å². The van der Waals surface area contributed by atoms with Gasteiger partial charge in [-0.2, -0.15) is 4.37 Å². The van der Waals surface area contributed by atoms with Crippen LogP contribution in [0.2, 0.25) is 0 Å². The van der Waals surface area contributed by atoms with E-state index < -0.39 is 0 Å². The normalized spacial score (nSPS) is 28.7. The van der Waals surface area contributed by atoms with Gasteiger partial charge in [-0.05, 0) is 79.4 Å². The van der Waals surface area contributed by atoms with Crippen LogP contribution in [0.3, 0.4) is 0 Å². The first-order chi connectivity index (χ1) is 17.2. The van der Waals surface area contributed by atoms with Crippen LogP contribution in [0.1, 0.15) is 67.9 Å². The molecule has 2 aromatic heterocycles. The third-order valence-electron chi connectivity index (χ3n) is 9.54. The summed E-state index contributed by atoms with van der Waals surface area (Å²) >= 11 is 1.60. The zero-order valence-corrected chi connectivity index (χ0v) is 21.2. The van der Waals surface area contributed by atoms with Crippen molar-refractivity contribution in [1.29, 1.82) is 0 Å². The lowest BCUT2D eigenvalue weighted by atomic mass is 9.78. The lowest BCUT2D eigenvalue weighted by Gasteiger charge is -2.40. The van der Waals surface area contributed by atoms with Crippen molar-refractivity contribution in [3.63, 3.8) is 0 Å². The maximum atomic E-state index is 11.1. The Bertz CT molecular complexity index is 1190. The summed E-state index contributed by atoms with van der Waals surface area (Å²) in [4.78, 5) is 5.10. The molecule has 7 rings (SSSR count). The van der Waals surface area contributed by atoms with Crippen LogP contribution in [0, 0.1) is 11.8 Å². The lowest BCUT2D eigenvalue weighted by molar-refractivity contribution is 0.130. The number of fused-ring (bicyclic) bond motifs is 6. The number of aromatic hydroxyl groups is 2. The molecule has 6 nitrogen and oxygen atoms in total. The van der Waals surface area contributed by atoms with Gasteiger partial charge in [0.05, 0.1) is 4.70 Å². The minimum absolute atomic E-state index is 0.373. The van der Waals surface area contributed by atoms with Crippen LogP contribution >= 0.6 is 11.5 Å². The summed E-state index contributed by atoms with van der Waals surface area (Å²) < 4.78 is 7.92. The van der Waals surface area contributed by atoms with E-state index in [9.17, 15) is 10.2 Å². The van der Waals surface area contributed by atoms with Gasteiger partial charge in [-0.15, -0.1) is 0 Å². The summed E-state index contributed by atoms with van der Waals surface area (Å²) in [5.74, 6) is 3.98. The molecule has 3 aromatic rings. The summed E-state index contributed by atoms with van der Waals surface area (Å²) in [7, 11) is 0. The summed E-state index contributed by atoms with van der Waals surface area (Å²) in [6.45, 7) is 6.10. The van der Waals surface area contributed by atoms with Crippen LogP contribution in [0.25, 0.3) is 10.1 Å². The Kier molecular flexibility index (Phi) is 5.46. The quantitative estimate of drug-likeness (QED) is 0.492. The first-order valence-corrected chi connectivity index (χ1v) is 14.4. The molecule has 7 heteroatoms. The molecule has 3 heterocycles. The van der Waals surface area contributed by atoms with E-state index >= 15 is 0 Å². The molecule has 2 bridgehead atoms. The van der Waals surface area contributed by atoms with Crippen molar-refractivity contribution in [3.8, 4) is 11.8 Å². The van der Waals surface area contributed by atoms with E-state index in [-0.39, 0.29) is 0 Å². The van der Waals surface area contributed by atoms with Crippen LogP contribution < -0.4 is 4.90 Å². The first kappa shape index (κ1) is 22.0. The van der Waals surface area contributed by atoms with Crippen LogP contribution in [0.4, 0.5) is 5.82 Å². The highest BCUT2D eigenvalue weighted by molar-refractivity contribution is 7.13. The Morgan fingerprint density at radius 2 is 1.49 bits per heavy atom. The van der Waals surface area contributed by atoms with E-state index in [0.29, 0.717) is 35.4 Å². The molecule has 1 saturated heterocycles. The van der Waals surface area contributed by atoms with Crippen molar-refractivity contribution in [2.75, 3.05) is 37.6 Å². The Hall–Kier alpha value is -2.25. The monoisotopic (exact) mass is 492 g/mol. The Morgan fingerprint density at radius 1 is 0.829 bits per heavy atom. The highest BCUT2D eigenvalue weighted by Crippen LogP contribution is 2.60. The number of benzene rings is 1. The van der Waals surface area contributed by atoms with Crippen molar-refractivity contribution in [2.24, 2.45) is 11.8 Å². The van der Waals surface area contributed by atoms with Gasteiger partial charge in [-0.1, -0.05) is 25.0 Å². The second-order valence-corrected chi connectivity index (χ2v) is 12.2. The van der Waals surface area contributed by atoms with Crippen molar-refractivity contribution < 1.29 is 10.2 Å².